The summed E-state index contributed by atoms with van der Waals surface area (Å²) in [6.07, 6.45) is 0.362. The standard InChI is InChI=1S/C19H21BrN2O2/c20-15-7-4-8-16(11-15)24-10-9-19(23)22-12-17(18(21)13-22)14-5-2-1-3-6-14/h1-8,11,17-18H,9-10,12-13,21H2/t17-,18+/m0/s1. The van der Waals surface area contributed by atoms with E-state index in [1.165, 1.54) is 5.56 Å². The average molecular weight is 389 g/mol. The van der Waals surface area contributed by atoms with Crippen molar-refractivity contribution >= 4 is 21.8 Å². The van der Waals surface area contributed by atoms with Crippen LogP contribution >= 0.6 is 15.9 Å². The van der Waals surface area contributed by atoms with Crippen molar-refractivity contribution in [2.45, 2.75) is 18.4 Å². The van der Waals surface area contributed by atoms with E-state index in [9.17, 15) is 4.79 Å². The van der Waals surface area contributed by atoms with Gasteiger partial charge in [0.25, 0.3) is 0 Å². The van der Waals surface area contributed by atoms with Crippen molar-refractivity contribution in [3.05, 3.63) is 64.6 Å². The number of halogens is 1. The maximum absolute atomic E-state index is 12.4. The van der Waals surface area contributed by atoms with Gasteiger partial charge in [0.05, 0.1) is 13.0 Å². The lowest BCUT2D eigenvalue weighted by molar-refractivity contribution is -0.130. The van der Waals surface area contributed by atoms with Crippen molar-refractivity contribution in [2.24, 2.45) is 5.73 Å². The van der Waals surface area contributed by atoms with Gasteiger partial charge in [-0.25, -0.2) is 0 Å². The Kier molecular flexibility index (Phi) is 5.53. The number of ether oxygens (including phenoxy) is 1. The number of amides is 1. The molecule has 1 aliphatic rings. The summed E-state index contributed by atoms with van der Waals surface area (Å²) in [5.41, 5.74) is 7.44. The summed E-state index contributed by atoms with van der Waals surface area (Å²) >= 11 is 3.40. The van der Waals surface area contributed by atoms with Crippen molar-refractivity contribution < 1.29 is 9.53 Å². The zero-order chi connectivity index (χ0) is 16.9. The number of nitrogens with two attached hydrogens (primary N) is 1. The highest BCUT2D eigenvalue weighted by molar-refractivity contribution is 9.10. The van der Waals surface area contributed by atoms with Crippen molar-refractivity contribution in [1.29, 1.82) is 0 Å². The molecule has 1 saturated heterocycles. The normalized spacial score (nSPS) is 20.2. The van der Waals surface area contributed by atoms with Crippen LogP contribution in [0.25, 0.3) is 0 Å². The predicted molar refractivity (Wildman–Crippen MR) is 98.0 cm³/mol. The summed E-state index contributed by atoms with van der Waals surface area (Å²) in [6, 6.07) is 17.8. The lowest BCUT2D eigenvalue weighted by Crippen LogP contribution is -2.32. The largest absolute Gasteiger partial charge is 0.493 e. The van der Waals surface area contributed by atoms with E-state index in [0.29, 0.717) is 26.1 Å². The van der Waals surface area contributed by atoms with Crippen LogP contribution in [0.15, 0.2) is 59.1 Å². The molecule has 1 heterocycles. The molecule has 126 valence electrons. The second kappa shape index (κ2) is 7.81. The molecule has 0 aromatic heterocycles. The molecule has 2 aromatic carbocycles. The zero-order valence-electron chi connectivity index (χ0n) is 13.4. The summed E-state index contributed by atoms with van der Waals surface area (Å²) < 4.78 is 6.61. The number of benzene rings is 2. The third-order valence-electron chi connectivity index (χ3n) is 4.33. The fourth-order valence-electron chi connectivity index (χ4n) is 3.06. The first-order valence-electron chi connectivity index (χ1n) is 8.10. The van der Waals surface area contributed by atoms with Crippen LogP contribution < -0.4 is 10.5 Å². The third kappa shape index (κ3) is 4.16. The molecule has 2 atom stereocenters. The summed E-state index contributed by atoms with van der Waals surface area (Å²) in [5, 5.41) is 0. The minimum atomic E-state index is -0.0117. The Balaban J connectivity index is 1.51. The first-order chi connectivity index (χ1) is 11.6. The van der Waals surface area contributed by atoms with Crippen LogP contribution in [0.3, 0.4) is 0 Å². The van der Waals surface area contributed by atoms with Gasteiger partial charge in [-0.05, 0) is 23.8 Å². The van der Waals surface area contributed by atoms with Gasteiger partial charge in [-0.2, -0.15) is 0 Å². The Bertz CT molecular complexity index is 693. The van der Waals surface area contributed by atoms with Gasteiger partial charge >= 0.3 is 0 Å². The SMILES string of the molecule is N[C@@H]1CN(C(=O)CCOc2cccc(Br)c2)C[C@H]1c1ccccc1. The molecular weight excluding hydrogens is 368 g/mol. The van der Waals surface area contributed by atoms with Crippen molar-refractivity contribution in [2.75, 3.05) is 19.7 Å². The second-order valence-electron chi connectivity index (χ2n) is 6.04. The van der Waals surface area contributed by atoms with Crippen LogP contribution in [-0.2, 0) is 4.79 Å². The molecule has 0 radical (unpaired) electrons. The van der Waals surface area contributed by atoms with E-state index in [1.807, 2.05) is 47.4 Å². The molecule has 1 amide bonds. The topological polar surface area (TPSA) is 55.6 Å². The number of hydrogen-bond acceptors (Lipinski definition) is 3. The Morgan fingerprint density at radius 1 is 1.17 bits per heavy atom. The van der Waals surface area contributed by atoms with Crippen LogP contribution in [0.5, 0.6) is 5.75 Å². The maximum Gasteiger partial charge on any atom is 0.226 e. The number of hydrogen-bond donors (Lipinski definition) is 1. The van der Waals surface area contributed by atoms with E-state index in [4.69, 9.17) is 10.5 Å². The van der Waals surface area contributed by atoms with Crippen molar-refractivity contribution in [3.8, 4) is 5.75 Å². The Morgan fingerprint density at radius 2 is 1.96 bits per heavy atom. The Morgan fingerprint density at radius 3 is 2.71 bits per heavy atom. The first kappa shape index (κ1) is 17.0. The lowest BCUT2D eigenvalue weighted by atomic mass is 9.95. The van der Waals surface area contributed by atoms with Gasteiger partial charge in [0, 0.05) is 29.5 Å². The number of nitrogens with zero attached hydrogens (tertiary/aromatic N) is 1. The van der Waals surface area contributed by atoms with Gasteiger partial charge in [0.2, 0.25) is 5.91 Å². The first-order valence-corrected chi connectivity index (χ1v) is 8.89. The zero-order valence-corrected chi connectivity index (χ0v) is 15.0. The molecule has 5 heteroatoms. The number of rotatable bonds is 5. The van der Waals surface area contributed by atoms with Gasteiger partial charge in [-0.15, -0.1) is 0 Å². The minimum absolute atomic E-state index is 0.0117. The van der Waals surface area contributed by atoms with E-state index in [1.54, 1.807) is 0 Å². The summed E-state index contributed by atoms with van der Waals surface area (Å²) in [4.78, 5) is 14.3. The van der Waals surface area contributed by atoms with E-state index in [0.717, 1.165) is 10.2 Å². The monoisotopic (exact) mass is 388 g/mol. The van der Waals surface area contributed by atoms with Crippen molar-refractivity contribution in [1.82, 2.24) is 4.90 Å². The van der Waals surface area contributed by atoms with Crippen LogP contribution in [0.1, 0.15) is 17.9 Å². The van der Waals surface area contributed by atoms with Gasteiger partial charge < -0.3 is 15.4 Å². The van der Waals surface area contributed by atoms with E-state index < -0.39 is 0 Å². The van der Waals surface area contributed by atoms with Crippen LogP contribution in [-0.4, -0.2) is 36.5 Å². The molecule has 1 aliphatic heterocycles. The highest BCUT2D eigenvalue weighted by Crippen LogP contribution is 2.26. The predicted octanol–water partition coefficient (Wildman–Crippen LogP) is 3.17. The number of carbonyl (C=O) groups excluding carboxylic acids is 1. The third-order valence-corrected chi connectivity index (χ3v) is 4.82. The number of carbonyl (C=O) groups is 1. The van der Waals surface area contributed by atoms with Gasteiger partial charge in [-0.3, -0.25) is 4.79 Å². The minimum Gasteiger partial charge on any atom is -0.493 e. The van der Waals surface area contributed by atoms with Gasteiger partial charge in [0.15, 0.2) is 0 Å². The molecule has 2 N–H and O–H groups in total. The summed E-state index contributed by atoms with van der Waals surface area (Å²) in [6.45, 7) is 1.66. The molecule has 3 rings (SSSR count). The Hall–Kier alpha value is -1.85. The molecule has 4 nitrogen and oxygen atoms in total. The molecule has 2 aromatic rings. The van der Waals surface area contributed by atoms with Crippen LogP contribution in [0.2, 0.25) is 0 Å². The average Bonchev–Trinajstić information content (AvgIpc) is 2.98. The molecule has 0 aliphatic carbocycles. The van der Waals surface area contributed by atoms with E-state index >= 15 is 0 Å². The van der Waals surface area contributed by atoms with Gasteiger partial charge in [-0.1, -0.05) is 52.3 Å². The fraction of sp³-hybridized carbons (Fsp3) is 0.316. The molecule has 0 saturated carbocycles. The molecule has 0 spiro atoms. The maximum atomic E-state index is 12.4. The highest BCUT2D eigenvalue weighted by atomic mass is 79.9. The van der Waals surface area contributed by atoms with E-state index in [-0.39, 0.29) is 17.9 Å². The number of likely N-dealkylation sites (tertiary alicyclic amines) is 1. The van der Waals surface area contributed by atoms with E-state index in [2.05, 4.69) is 28.1 Å². The second-order valence-corrected chi connectivity index (χ2v) is 6.95. The van der Waals surface area contributed by atoms with Crippen LogP contribution in [0, 0.1) is 0 Å². The van der Waals surface area contributed by atoms with Crippen molar-refractivity contribution in [3.63, 3.8) is 0 Å². The molecule has 1 fully saturated rings. The lowest BCUT2D eigenvalue weighted by Gasteiger charge is -2.16. The smallest absolute Gasteiger partial charge is 0.226 e. The summed E-state index contributed by atoms with van der Waals surface area (Å²) in [5.74, 6) is 1.07. The highest BCUT2D eigenvalue weighted by Gasteiger charge is 2.33. The molecule has 0 unspecified atom stereocenters. The molecular formula is C19H21BrN2O2. The summed E-state index contributed by atoms with van der Waals surface area (Å²) in [7, 11) is 0. The Labute approximate surface area is 150 Å². The quantitative estimate of drug-likeness (QED) is 0.855. The molecule has 0 bridgehead atoms. The fourth-order valence-corrected chi connectivity index (χ4v) is 3.43. The molecule has 24 heavy (non-hydrogen) atoms. The van der Waals surface area contributed by atoms with Crippen LogP contribution in [0.4, 0.5) is 0 Å². The van der Waals surface area contributed by atoms with Gasteiger partial charge in [0.1, 0.15) is 5.75 Å².